The van der Waals surface area contributed by atoms with E-state index in [-0.39, 0.29) is 34.4 Å². The summed E-state index contributed by atoms with van der Waals surface area (Å²) in [4.78, 5) is 71.5. The van der Waals surface area contributed by atoms with Gasteiger partial charge in [0.05, 0.1) is 80.4 Å². The van der Waals surface area contributed by atoms with E-state index in [1.807, 2.05) is 52.8 Å². The lowest BCUT2D eigenvalue weighted by atomic mass is 9.81. The number of carbonyl (C=O) groups is 2. The number of unbranched alkanes of at least 4 members (excludes halogenated alkanes) is 2. The van der Waals surface area contributed by atoms with Gasteiger partial charge in [0, 0.05) is 107 Å². The van der Waals surface area contributed by atoms with Crippen LogP contribution in [-0.2, 0) is 84.4 Å². The van der Waals surface area contributed by atoms with E-state index in [0.717, 1.165) is 56.9 Å². The van der Waals surface area contributed by atoms with Crippen LogP contribution in [0.1, 0.15) is 109 Å². The Balaban J connectivity index is 0.593. The van der Waals surface area contributed by atoms with Gasteiger partial charge in [-0.25, -0.2) is 24.3 Å². The molecular formula is C72H99N13O21PS2+. The van der Waals surface area contributed by atoms with Crippen molar-refractivity contribution in [1.82, 2.24) is 39.7 Å². The lowest BCUT2D eigenvalue weighted by Crippen LogP contribution is -2.53. The normalized spacial score (nSPS) is 21.5. The van der Waals surface area contributed by atoms with Gasteiger partial charge in [0.25, 0.3) is 20.2 Å². The largest absolute Gasteiger partial charge is 0.497 e. The molecule has 0 saturated carbocycles. The quantitative estimate of drug-likeness (QED) is 0.0106. The number of ether oxygens (including phenoxy) is 6. The fraction of sp³-hybridized carbons (Fsp3) is 0.528. The molecule has 0 bridgehead atoms. The number of nitrogens with two attached hydrogens (primary N) is 1. The Bertz CT molecular complexity index is 4640. The minimum atomic E-state index is -5.05. The highest BCUT2D eigenvalue weighted by Gasteiger charge is 2.50. The number of hydrogen-bond donors (Lipinski definition) is 9. The molecule has 7 heterocycles. The van der Waals surface area contributed by atoms with Gasteiger partial charge in [0.2, 0.25) is 17.5 Å². The van der Waals surface area contributed by atoms with Crippen LogP contribution in [0.4, 0.5) is 23.0 Å². The predicted molar refractivity (Wildman–Crippen MR) is 401 cm³/mol. The molecular weight excluding hydrogens is 1480 g/mol. The molecule has 2 fully saturated rings. The molecule has 0 spiro atoms. The zero-order valence-electron chi connectivity index (χ0n) is 62.2. The van der Waals surface area contributed by atoms with Gasteiger partial charge < -0.3 is 75.0 Å². The van der Waals surface area contributed by atoms with Crippen LogP contribution >= 0.6 is 7.82 Å². The number of methoxy groups -OCH3 is 1. The molecule has 37 heteroatoms. The van der Waals surface area contributed by atoms with E-state index in [0.29, 0.717) is 114 Å². The van der Waals surface area contributed by atoms with Gasteiger partial charge in [0.15, 0.2) is 28.9 Å². The third-order valence-corrected chi connectivity index (χ3v) is 22.3. The molecule has 3 aromatic heterocycles. The van der Waals surface area contributed by atoms with Gasteiger partial charge >= 0.3 is 13.5 Å². The maximum Gasteiger partial charge on any atom is 0.472 e. The summed E-state index contributed by atoms with van der Waals surface area (Å²) < 4.78 is 132. The Morgan fingerprint density at radius 1 is 0.844 bits per heavy atom. The number of imidazole rings is 1. The second-order valence-corrected chi connectivity index (χ2v) is 32.3. The first-order chi connectivity index (χ1) is 51.8. The number of phosphoric ester groups is 1. The van der Waals surface area contributed by atoms with Crippen molar-refractivity contribution >= 4 is 79.8 Å². The number of phosphoric acid groups is 1. The van der Waals surface area contributed by atoms with Crippen LogP contribution in [0.3, 0.4) is 0 Å². The number of fused-ring (bicyclic) bond motifs is 3. The van der Waals surface area contributed by atoms with Crippen molar-refractivity contribution in [3.63, 3.8) is 0 Å². The fourth-order valence-corrected chi connectivity index (χ4v) is 15.8. The fourth-order valence-electron chi connectivity index (χ4n) is 13.9. The molecule has 3 aromatic carbocycles. The van der Waals surface area contributed by atoms with Gasteiger partial charge in [-0.1, -0.05) is 32.1 Å². The molecule has 109 heavy (non-hydrogen) atoms. The zero-order chi connectivity index (χ0) is 78.6. The molecule has 6 aromatic rings. The Hall–Kier alpha value is -8.01. The number of anilines is 3. The Morgan fingerprint density at radius 3 is 2.18 bits per heavy atom. The first kappa shape index (κ1) is 83.5. The van der Waals surface area contributed by atoms with Gasteiger partial charge in [-0.3, -0.25) is 36.9 Å². The van der Waals surface area contributed by atoms with Crippen LogP contribution in [-0.4, -0.2) is 229 Å². The monoisotopic (exact) mass is 1580 g/mol. The summed E-state index contributed by atoms with van der Waals surface area (Å²) in [5.41, 5.74) is 10.7. The lowest BCUT2D eigenvalue weighted by molar-refractivity contribution is -0.438. The topological polar surface area (TPSA) is 445 Å². The summed E-state index contributed by atoms with van der Waals surface area (Å²) in [7, 11) is -8.87. The molecule has 4 aliphatic heterocycles. The van der Waals surface area contributed by atoms with Crippen molar-refractivity contribution in [2.45, 2.75) is 156 Å². The lowest BCUT2D eigenvalue weighted by Gasteiger charge is -2.25. The number of aliphatic hydroxyl groups is 2. The summed E-state index contributed by atoms with van der Waals surface area (Å²) in [6, 6.07) is 15.4. The third kappa shape index (κ3) is 20.4. The first-order valence-electron chi connectivity index (χ1n) is 36.0. The number of aromatic nitrogens is 6. The van der Waals surface area contributed by atoms with Crippen LogP contribution in [0.2, 0.25) is 0 Å². The van der Waals surface area contributed by atoms with E-state index in [4.69, 9.17) is 43.2 Å². The third-order valence-electron chi connectivity index (χ3n) is 19.6. The number of rotatable bonds is 40. The number of nitrogens with one attached hydrogen (secondary N) is 3. The highest BCUT2D eigenvalue weighted by atomic mass is 32.2. The second-order valence-electron chi connectivity index (χ2n) is 28.0. The summed E-state index contributed by atoms with van der Waals surface area (Å²) in [5.74, 6) is 0.649. The maximum absolute atomic E-state index is 13.7. The predicted octanol–water partition coefficient (Wildman–Crippen LogP) is 5.00. The Morgan fingerprint density at radius 2 is 1.52 bits per heavy atom. The second kappa shape index (κ2) is 36.4. The van der Waals surface area contributed by atoms with Crippen LogP contribution in [0.15, 0.2) is 124 Å². The standard InChI is InChI=1S/C72H98N13O21PS2/c1-9-82-53-25-23-48(108(93,94)95)39-50(53)71(2,3)58(82)16-13-17-59-72(4,5)51-40-49(109(96,97)98)24-26-54(51)83(59)30-12-10-11-18-61(87)75-29-15-33-101-35-37-102-36-34-100-32-14-28-74-60-27-31-84(70(90)79-60)62-41-55(56(42-86)104-62)106-107(91,92)103-43-57-63(80-68(89)52(73)38-46-19-21-47(99-8)22-20-46)65(88)69(105-57)85-45-78-64-66(81(6)7)76-44-77-67(64)85/h13,16-17,19-27,31,39-40,44-45,52,55-57,62-63,65,69,86,88H,9-12,14-15,18,28-30,32-38,41-43,73H2,1-8H3,(H5-,74,75,79,80,87,89,90,91,92,93,94,95,96,97,98)/p+1/t52?,55-,56+,57+,62+,63+,65+,69+/m0/s1. The van der Waals surface area contributed by atoms with E-state index in [9.17, 15) is 60.0 Å². The molecule has 34 nitrogen and oxygen atoms in total. The van der Waals surface area contributed by atoms with Gasteiger partial charge in [-0.05, 0) is 119 Å². The number of hydrogen-bond acceptors (Lipinski definition) is 26. The van der Waals surface area contributed by atoms with Crippen molar-refractivity contribution < 1.29 is 97.2 Å². The average molecular weight is 1580 g/mol. The summed E-state index contributed by atoms with van der Waals surface area (Å²) >= 11 is 0. The molecule has 2 saturated heterocycles. The minimum absolute atomic E-state index is 0.0674. The van der Waals surface area contributed by atoms with Crippen LogP contribution in [0.5, 0.6) is 5.75 Å². The minimum Gasteiger partial charge on any atom is -0.497 e. The molecule has 2 amide bonds. The Labute approximate surface area is 632 Å². The number of allylic oxidation sites excluding steroid dienone is 4. The molecule has 10 N–H and O–H groups in total. The van der Waals surface area contributed by atoms with E-state index >= 15 is 0 Å². The van der Waals surface area contributed by atoms with E-state index in [1.54, 1.807) is 61.5 Å². The summed E-state index contributed by atoms with van der Waals surface area (Å²) in [5, 5.41) is 30.9. The number of nitrogens with zero attached hydrogens (tertiary/aromatic N) is 9. The highest BCUT2D eigenvalue weighted by Crippen LogP contribution is 2.51. The van der Waals surface area contributed by atoms with Crippen molar-refractivity contribution in [2.75, 3.05) is 115 Å². The van der Waals surface area contributed by atoms with Crippen molar-refractivity contribution in [1.29, 1.82) is 0 Å². The maximum atomic E-state index is 13.7. The van der Waals surface area contributed by atoms with Crippen molar-refractivity contribution in [3.05, 3.63) is 137 Å². The van der Waals surface area contributed by atoms with Crippen LogP contribution in [0, 0.1) is 0 Å². The summed E-state index contributed by atoms with van der Waals surface area (Å²) in [6.45, 7) is 12.9. The van der Waals surface area contributed by atoms with Gasteiger partial charge in [-0.2, -0.15) is 26.4 Å². The number of likely N-dealkylation sites (N-methyl/N-ethyl adjacent to an activating group) is 1. The molecule has 2 unspecified atom stereocenters. The molecule has 4 aliphatic rings. The molecule has 0 aliphatic carbocycles. The molecule has 0 radical (unpaired) electrons. The number of carbonyl (C=O) groups excluding carboxylic acids is 2. The average Bonchev–Trinajstić information content (AvgIpc) is 1.59. The van der Waals surface area contributed by atoms with Crippen molar-refractivity contribution in [2.24, 2.45) is 5.73 Å². The summed E-state index contributed by atoms with van der Waals surface area (Å²) in [6.07, 6.45) is 6.12. The van der Waals surface area contributed by atoms with E-state index in [2.05, 4.69) is 45.4 Å². The van der Waals surface area contributed by atoms with Gasteiger partial charge in [-0.15, -0.1) is 0 Å². The van der Waals surface area contributed by atoms with E-state index in [1.165, 1.54) is 54.8 Å². The highest BCUT2D eigenvalue weighted by molar-refractivity contribution is 7.86. The zero-order valence-corrected chi connectivity index (χ0v) is 64.7. The first-order valence-corrected chi connectivity index (χ1v) is 40.4. The van der Waals surface area contributed by atoms with Gasteiger partial charge in [0.1, 0.15) is 55.1 Å². The Kier molecular flexibility index (Phi) is 27.9. The van der Waals surface area contributed by atoms with Crippen LogP contribution in [0.25, 0.3) is 11.2 Å². The molecule has 594 valence electrons. The molecule has 10 rings (SSSR count). The smallest absolute Gasteiger partial charge is 0.472 e. The van der Waals surface area contributed by atoms with Crippen LogP contribution < -0.4 is 41.9 Å². The number of aliphatic hydroxyl groups excluding tert-OH is 2. The number of benzene rings is 3. The number of amides is 2. The molecule has 9 atom stereocenters. The SMILES string of the molecule is CCN1/C(=C/C=C/C2=[N+](CCCCCC(=O)NCCCOCCOCCOCCCNc3ccn([C@H]4C[C@H](OP(=O)(O)OC[C@H]5O[C@@H](n6cnc7c(N(C)C)ncnc76)[C@H](O)[C@@H]5NC(=O)C(N)Cc5ccc(OC)cc5)[C@@H](CO)O4)c(=O)n3)c3ccc(S(=O)(=O)O)cc3C2(C)C)C(C)(C)c2cc(S(=O)(=O)O)ccc21. The van der Waals surface area contributed by atoms with E-state index < -0.39 is 113 Å². The van der Waals surface area contributed by atoms with Crippen molar-refractivity contribution in [3.8, 4) is 5.75 Å².